The van der Waals surface area contributed by atoms with Crippen molar-refractivity contribution >= 4 is 34.7 Å². The average Bonchev–Trinajstić information content (AvgIpc) is 3.55. The maximum Gasteiger partial charge on any atom is 0.338 e. The number of ether oxygens (including phenoxy) is 1. The Hall–Kier alpha value is -3.02. The summed E-state index contributed by atoms with van der Waals surface area (Å²) in [4.78, 5) is 29.2. The number of carbonyl (C=O) groups excluding carboxylic acids is 2. The zero-order valence-electron chi connectivity index (χ0n) is 18.4. The Morgan fingerprint density at radius 2 is 2.00 bits per heavy atom. The van der Waals surface area contributed by atoms with E-state index >= 15 is 0 Å². The normalized spacial score (nSPS) is 16.1. The fraction of sp³-hybridized carbons (Fsp3) is 0.364. The molecule has 0 saturated carbocycles. The number of urea groups is 1. The van der Waals surface area contributed by atoms with E-state index in [1.807, 2.05) is 35.0 Å². The van der Waals surface area contributed by atoms with Gasteiger partial charge < -0.3 is 19.8 Å². The van der Waals surface area contributed by atoms with Gasteiger partial charge in [-0.15, -0.1) is 32.9 Å². The van der Waals surface area contributed by atoms with Crippen LogP contribution < -0.4 is 10.6 Å². The Bertz CT molecular complexity index is 1110. The zero-order chi connectivity index (χ0) is 23.2. The maximum atomic E-state index is 12.9. The Morgan fingerprint density at radius 3 is 2.70 bits per heavy atom. The lowest BCUT2D eigenvalue weighted by Gasteiger charge is -2.31. The van der Waals surface area contributed by atoms with E-state index in [4.69, 9.17) is 9.15 Å². The average molecular weight is 488 g/mol. The number of thiophene rings is 2. The van der Waals surface area contributed by atoms with E-state index < -0.39 is 12.0 Å². The Balaban J connectivity index is 1.61. The molecule has 4 rings (SSSR count). The van der Waals surface area contributed by atoms with Crippen LogP contribution in [0.2, 0.25) is 0 Å². The van der Waals surface area contributed by atoms with E-state index in [2.05, 4.69) is 32.7 Å². The van der Waals surface area contributed by atoms with Crippen molar-refractivity contribution in [1.29, 1.82) is 0 Å². The monoisotopic (exact) mass is 487 g/mol. The summed E-state index contributed by atoms with van der Waals surface area (Å²) in [6.45, 7) is 5.49. The van der Waals surface area contributed by atoms with E-state index in [0.29, 0.717) is 42.7 Å². The molecular weight excluding hydrogens is 462 g/mol. The standard InChI is InChI=1S/C22H25N5O4S2/c1-3-9-27(13-17-25-26-20(31-17)16-8-6-11-33-16)12-14-18(21(28)30-4-2)19(24-22(29)23-14)15-7-5-10-32-15/h5-8,10-11,19H,3-4,9,12-13H2,1-2H3,(H2,23,24,29)/t19-/m0/s1. The van der Waals surface area contributed by atoms with Gasteiger partial charge in [-0.05, 0) is 42.8 Å². The molecule has 3 aromatic heterocycles. The maximum absolute atomic E-state index is 12.9. The van der Waals surface area contributed by atoms with Gasteiger partial charge in [0.15, 0.2) is 0 Å². The first-order valence-corrected chi connectivity index (χ1v) is 12.4. The first-order valence-electron chi connectivity index (χ1n) is 10.7. The van der Waals surface area contributed by atoms with Crippen molar-refractivity contribution in [3.05, 3.63) is 57.1 Å². The van der Waals surface area contributed by atoms with Gasteiger partial charge in [0.2, 0.25) is 5.89 Å². The summed E-state index contributed by atoms with van der Waals surface area (Å²) in [6.07, 6.45) is 0.870. The van der Waals surface area contributed by atoms with Crippen LogP contribution in [0.15, 0.2) is 50.7 Å². The molecule has 0 unspecified atom stereocenters. The van der Waals surface area contributed by atoms with Crippen molar-refractivity contribution in [2.24, 2.45) is 0 Å². The summed E-state index contributed by atoms with van der Waals surface area (Å²) in [7, 11) is 0. The third-order valence-electron chi connectivity index (χ3n) is 4.96. The molecule has 1 atom stereocenters. The van der Waals surface area contributed by atoms with Gasteiger partial charge in [0.25, 0.3) is 5.89 Å². The van der Waals surface area contributed by atoms with Gasteiger partial charge in [-0.3, -0.25) is 4.90 Å². The molecule has 0 aliphatic carbocycles. The van der Waals surface area contributed by atoms with Crippen LogP contribution >= 0.6 is 22.7 Å². The van der Waals surface area contributed by atoms with Crippen molar-refractivity contribution in [1.82, 2.24) is 25.7 Å². The molecule has 0 radical (unpaired) electrons. The lowest BCUT2D eigenvalue weighted by Crippen LogP contribution is -2.48. The molecule has 1 aliphatic rings. The lowest BCUT2D eigenvalue weighted by atomic mass is 10.0. The summed E-state index contributed by atoms with van der Waals surface area (Å²) >= 11 is 3.01. The number of esters is 1. The largest absolute Gasteiger partial charge is 0.463 e. The minimum Gasteiger partial charge on any atom is -0.463 e. The second kappa shape index (κ2) is 10.7. The second-order valence-corrected chi connectivity index (χ2v) is 9.28. The molecule has 0 saturated heterocycles. The molecule has 174 valence electrons. The molecule has 0 spiro atoms. The molecule has 0 aromatic carbocycles. The Morgan fingerprint density at radius 1 is 1.18 bits per heavy atom. The first-order chi connectivity index (χ1) is 16.1. The number of rotatable bonds is 10. The third-order valence-corrected chi connectivity index (χ3v) is 6.75. The summed E-state index contributed by atoms with van der Waals surface area (Å²) < 4.78 is 11.2. The fourth-order valence-electron chi connectivity index (χ4n) is 3.62. The van der Waals surface area contributed by atoms with Gasteiger partial charge in [-0.2, -0.15) is 0 Å². The van der Waals surface area contributed by atoms with Crippen molar-refractivity contribution in [3.8, 4) is 10.8 Å². The molecule has 1 aliphatic heterocycles. The van der Waals surface area contributed by atoms with Crippen molar-refractivity contribution < 1.29 is 18.7 Å². The van der Waals surface area contributed by atoms with Crippen LogP contribution in [0.1, 0.15) is 37.1 Å². The molecule has 33 heavy (non-hydrogen) atoms. The minimum atomic E-state index is -0.565. The summed E-state index contributed by atoms with van der Waals surface area (Å²) in [5, 5.41) is 17.9. The lowest BCUT2D eigenvalue weighted by molar-refractivity contribution is -0.139. The number of aromatic nitrogens is 2. The number of nitrogens with one attached hydrogen (secondary N) is 2. The van der Waals surface area contributed by atoms with Crippen LogP contribution in [0.5, 0.6) is 0 Å². The summed E-state index contributed by atoms with van der Waals surface area (Å²) in [5.74, 6) is 0.503. The molecule has 3 aromatic rings. The number of amides is 2. The van der Waals surface area contributed by atoms with E-state index in [-0.39, 0.29) is 12.6 Å². The highest BCUT2D eigenvalue weighted by Crippen LogP contribution is 2.31. The van der Waals surface area contributed by atoms with Crippen LogP contribution in [-0.4, -0.2) is 46.8 Å². The smallest absolute Gasteiger partial charge is 0.338 e. The molecule has 11 heteroatoms. The molecular formula is C22H25N5O4S2. The predicted molar refractivity (Wildman–Crippen MR) is 126 cm³/mol. The number of hydrogen-bond donors (Lipinski definition) is 2. The van der Waals surface area contributed by atoms with Crippen LogP contribution in [0.25, 0.3) is 10.8 Å². The predicted octanol–water partition coefficient (Wildman–Crippen LogP) is 3.94. The van der Waals surface area contributed by atoms with Crippen LogP contribution in [0, 0.1) is 0 Å². The van der Waals surface area contributed by atoms with Gasteiger partial charge in [0.05, 0.1) is 29.6 Å². The highest BCUT2D eigenvalue weighted by atomic mass is 32.1. The van der Waals surface area contributed by atoms with E-state index in [1.54, 1.807) is 6.92 Å². The van der Waals surface area contributed by atoms with Gasteiger partial charge in [0.1, 0.15) is 0 Å². The SMILES string of the molecule is CCCN(CC1=C(C(=O)OCC)[C@H](c2cccs2)NC(=O)N1)Cc1nnc(-c2cccs2)o1. The van der Waals surface area contributed by atoms with Crippen LogP contribution in [0.3, 0.4) is 0 Å². The summed E-state index contributed by atoms with van der Waals surface area (Å²) in [6, 6.07) is 6.72. The highest BCUT2D eigenvalue weighted by Gasteiger charge is 2.35. The van der Waals surface area contributed by atoms with Crippen molar-refractivity contribution in [3.63, 3.8) is 0 Å². The molecule has 4 heterocycles. The van der Waals surface area contributed by atoms with E-state index in [0.717, 1.165) is 16.2 Å². The van der Waals surface area contributed by atoms with Gasteiger partial charge in [-0.1, -0.05) is 19.1 Å². The minimum absolute atomic E-state index is 0.243. The second-order valence-electron chi connectivity index (χ2n) is 7.35. The van der Waals surface area contributed by atoms with Gasteiger partial charge >= 0.3 is 12.0 Å². The van der Waals surface area contributed by atoms with Gasteiger partial charge in [0, 0.05) is 17.1 Å². The molecule has 0 bridgehead atoms. The first kappa shape index (κ1) is 23.1. The third kappa shape index (κ3) is 5.49. The fourth-order valence-corrected chi connectivity index (χ4v) is 5.05. The van der Waals surface area contributed by atoms with Gasteiger partial charge in [-0.25, -0.2) is 9.59 Å². The Labute approximate surface area is 199 Å². The van der Waals surface area contributed by atoms with E-state index in [1.165, 1.54) is 22.7 Å². The molecule has 2 N–H and O–H groups in total. The number of nitrogens with zero attached hydrogens (tertiary/aromatic N) is 3. The quantitative estimate of drug-likeness (QED) is 0.417. The summed E-state index contributed by atoms with van der Waals surface area (Å²) in [5.41, 5.74) is 0.923. The molecule has 9 nitrogen and oxygen atoms in total. The Kier molecular flexibility index (Phi) is 7.53. The van der Waals surface area contributed by atoms with Crippen molar-refractivity contribution in [2.75, 3.05) is 19.7 Å². The topological polar surface area (TPSA) is 110 Å². The van der Waals surface area contributed by atoms with Crippen LogP contribution in [-0.2, 0) is 16.1 Å². The number of carbonyl (C=O) groups is 2. The molecule has 0 fully saturated rings. The number of hydrogen-bond acceptors (Lipinski definition) is 9. The zero-order valence-corrected chi connectivity index (χ0v) is 20.0. The van der Waals surface area contributed by atoms with E-state index in [9.17, 15) is 9.59 Å². The molecule has 2 amide bonds. The van der Waals surface area contributed by atoms with Crippen LogP contribution in [0.4, 0.5) is 4.79 Å². The highest BCUT2D eigenvalue weighted by molar-refractivity contribution is 7.13. The van der Waals surface area contributed by atoms with Crippen molar-refractivity contribution in [2.45, 2.75) is 32.9 Å².